The van der Waals surface area contributed by atoms with Crippen LogP contribution >= 0.6 is 0 Å². The maximum Gasteiger partial charge on any atom is 0.291 e. The second kappa shape index (κ2) is 7.16. The lowest BCUT2D eigenvalue weighted by Crippen LogP contribution is -2.18. The number of amides is 1. The number of rotatable bonds is 5. The standard InChI is InChI=1S/C21H26N2O3/c1-3-18-16(13-23-8-4-5-9-23)12-20(26-18)21(24)22-17-6-7-19-15(11-17)10-14(2)25-19/h6-7,11-12,14H,3-5,8-10,13H2,1-2H3,(H,22,24). The summed E-state index contributed by atoms with van der Waals surface area (Å²) in [6, 6.07) is 7.70. The zero-order valence-corrected chi connectivity index (χ0v) is 15.5. The van der Waals surface area contributed by atoms with Gasteiger partial charge < -0.3 is 14.5 Å². The maximum absolute atomic E-state index is 12.6. The molecular formula is C21H26N2O3. The van der Waals surface area contributed by atoms with Crippen LogP contribution < -0.4 is 10.1 Å². The predicted molar refractivity (Wildman–Crippen MR) is 101 cm³/mol. The molecule has 0 aliphatic carbocycles. The molecule has 1 N–H and O–H groups in total. The Morgan fingerprint density at radius 2 is 2.08 bits per heavy atom. The largest absolute Gasteiger partial charge is 0.490 e. The molecule has 4 rings (SSSR count). The summed E-state index contributed by atoms with van der Waals surface area (Å²) in [6.45, 7) is 7.25. The van der Waals surface area contributed by atoms with Crippen LogP contribution in [0.5, 0.6) is 5.75 Å². The molecule has 0 spiro atoms. The Hall–Kier alpha value is -2.27. The second-order valence-corrected chi connectivity index (χ2v) is 7.31. The third-order valence-electron chi connectivity index (χ3n) is 5.19. The predicted octanol–water partition coefficient (Wildman–Crippen LogP) is 4.01. The van der Waals surface area contributed by atoms with Crippen molar-refractivity contribution in [2.45, 2.75) is 52.2 Å². The van der Waals surface area contributed by atoms with E-state index in [4.69, 9.17) is 9.15 Å². The number of carbonyl (C=O) groups excluding carboxylic acids is 1. The van der Waals surface area contributed by atoms with Gasteiger partial charge in [-0.25, -0.2) is 0 Å². The molecule has 0 radical (unpaired) electrons. The monoisotopic (exact) mass is 354 g/mol. The van der Waals surface area contributed by atoms with E-state index in [9.17, 15) is 4.79 Å². The van der Waals surface area contributed by atoms with E-state index in [1.165, 1.54) is 12.8 Å². The van der Waals surface area contributed by atoms with Crippen molar-refractivity contribution in [1.29, 1.82) is 0 Å². The topological polar surface area (TPSA) is 54.7 Å². The highest BCUT2D eigenvalue weighted by atomic mass is 16.5. The average Bonchev–Trinajstić information content (AvgIpc) is 3.34. The number of nitrogens with zero attached hydrogens (tertiary/aromatic N) is 1. The van der Waals surface area contributed by atoms with Crippen molar-refractivity contribution in [3.63, 3.8) is 0 Å². The molecule has 3 heterocycles. The van der Waals surface area contributed by atoms with E-state index in [1.54, 1.807) is 0 Å². The second-order valence-electron chi connectivity index (χ2n) is 7.31. The van der Waals surface area contributed by atoms with Crippen LogP contribution in [0.4, 0.5) is 5.69 Å². The number of hydrogen-bond donors (Lipinski definition) is 1. The van der Waals surface area contributed by atoms with E-state index < -0.39 is 0 Å². The van der Waals surface area contributed by atoms with Crippen LogP contribution in [-0.2, 0) is 19.4 Å². The van der Waals surface area contributed by atoms with Crippen LogP contribution in [0, 0.1) is 0 Å². The number of ether oxygens (including phenoxy) is 1. The first-order chi connectivity index (χ1) is 12.6. The van der Waals surface area contributed by atoms with E-state index in [0.717, 1.165) is 60.8 Å². The average molecular weight is 354 g/mol. The molecule has 1 aromatic carbocycles. The molecule has 26 heavy (non-hydrogen) atoms. The maximum atomic E-state index is 12.6. The van der Waals surface area contributed by atoms with Crippen molar-refractivity contribution in [2.24, 2.45) is 0 Å². The molecule has 1 unspecified atom stereocenters. The summed E-state index contributed by atoms with van der Waals surface area (Å²) < 4.78 is 11.6. The van der Waals surface area contributed by atoms with Crippen LogP contribution in [0.15, 0.2) is 28.7 Å². The molecule has 0 bridgehead atoms. The Balaban J connectivity index is 1.48. The Labute approximate surface area is 154 Å². The lowest BCUT2D eigenvalue weighted by molar-refractivity contribution is 0.0995. The number of benzene rings is 1. The van der Waals surface area contributed by atoms with E-state index in [2.05, 4.69) is 24.1 Å². The lowest BCUT2D eigenvalue weighted by Gasteiger charge is -2.13. The zero-order chi connectivity index (χ0) is 18.1. The summed E-state index contributed by atoms with van der Waals surface area (Å²) in [4.78, 5) is 15.1. The number of fused-ring (bicyclic) bond motifs is 1. The van der Waals surface area contributed by atoms with Gasteiger partial charge >= 0.3 is 0 Å². The summed E-state index contributed by atoms with van der Waals surface area (Å²) in [5, 5.41) is 2.96. The zero-order valence-electron chi connectivity index (χ0n) is 15.5. The first-order valence-electron chi connectivity index (χ1n) is 9.57. The van der Waals surface area contributed by atoms with Crippen LogP contribution in [0.2, 0.25) is 0 Å². The number of furan rings is 1. The van der Waals surface area contributed by atoms with Crippen LogP contribution in [0.25, 0.3) is 0 Å². The number of aryl methyl sites for hydroxylation is 1. The van der Waals surface area contributed by atoms with Gasteiger partial charge in [-0.1, -0.05) is 6.92 Å². The first kappa shape index (κ1) is 17.2. The summed E-state index contributed by atoms with van der Waals surface area (Å²) in [5.74, 6) is 2.02. The van der Waals surface area contributed by atoms with Gasteiger partial charge in [0.1, 0.15) is 17.6 Å². The molecule has 5 heteroatoms. The highest BCUT2D eigenvalue weighted by molar-refractivity contribution is 6.02. The van der Waals surface area contributed by atoms with Crippen molar-refractivity contribution in [2.75, 3.05) is 18.4 Å². The first-order valence-corrected chi connectivity index (χ1v) is 9.57. The van der Waals surface area contributed by atoms with Crippen molar-refractivity contribution in [3.8, 4) is 5.75 Å². The number of likely N-dealkylation sites (tertiary alicyclic amines) is 1. The summed E-state index contributed by atoms with van der Waals surface area (Å²) in [7, 11) is 0. The van der Waals surface area contributed by atoms with Gasteiger partial charge in [0, 0.05) is 30.6 Å². The Kier molecular flexibility index (Phi) is 4.72. The van der Waals surface area contributed by atoms with E-state index in [1.807, 2.05) is 24.3 Å². The molecule has 1 fully saturated rings. The molecule has 138 valence electrons. The molecule has 1 amide bonds. The molecule has 2 aliphatic heterocycles. The molecule has 5 nitrogen and oxygen atoms in total. The van der Waals surface area contributed by atoms with Crippen molar-refractivity contribution in [1.82, 2.24) is 4.90 Å². The van der Waals surface area contributed by atoms with Gasteiger partial charge in [-0.15, -0.1) is 0 Å². The fourth-order valence-electron chi connectivity index (χ4n) is 3.89. The number of carbonyl (C=O) groups is 1. The minimum Gasteiger partial charge on any atom is -0.490 e. The summed E-state index contributed by atoms with van der Waals surface area (Å²) in [6.07, 6.45) is 4.38. The molecule has 1 aromatic heterocycles. The minimum atomic E-state index is -0.195. The third-order valence-corrected chi connectivity index (χ3v) is 5.19. The molecule has 0 saturated carbocycles. The SMILES string of the molecule is CCc1oc(C(=O)Nc2ccc3c(c2)CC(C)O3)cc1CN1CCCC1. The Morgan fingerprint density at radius 3 is 2.85 bits per heavy atom. The third kappa shape index (κ3) is 3.49. The van der Waals surface area contributed by atoms with Gasteiger partial charge in [-0.3, -0.25) is 9.69 Å². The van der Waals surface area contributed by atoms with Crippen LogP contribution in [0.3, 0.4) is 0 Å². The van der Waals surface area contributed by atoms with E-state index in [0.29, 0.717) is 5.76 Å². The number of hydrogen-bond acceptors (Lipinski definition) is 4. The molecule has 2 aliphatic rings. The van der Waals surface area contributed by atoms with Crippen LogP contribution in [0.1, 0.15) is 54.1 Å². The molecular weight excluding hydrogens is 328 g/mol. The Bertz CT molecular complexity index is 806. The Morgan fingerprint density at radius 1 is 1.27 bits per heavy atom. The highest BCUT2D eigenvalue weighted by Gasteiger charge is 2.22. The van der Waals surface area contributed by atoms with Crippen molar-refractivity contribution in [3.05, 3.63) is 46.9 Å². The van der Waals surface area contributed by atoms with Gasteiger partial charge in [0.2, 0.25) is 0 Å². The van der Waals surface area contributed by atoms with Crippen LogP contribution in [-0.4, -0.2) is 30.0 Å². The van der Waals surface area contributed by atoms with Gasteiger partial charge in [-0.2, -0.15) is 0 Å². The van der Waals surface area contributed by atoms with Gasteiger partial charge in [0.15, 0.2) is 5.76 Å². The number of anilines is 1. The van der Waals surface area contributed by atoms with Crippen molar-refractivity contribution < 1.29 is 13.9 Å². The minimum absolute atomic E-state index is 0.195. The van der Waals surface area contributed by atoms with Gasteiger partial charge in [0.05, 0.1) is 0 Å². The quantitative estimate of drug-likeness (QED) is 0.881. The molecule has 1 saturated heterocycles. The molecule has 2 aromatic rings. The molecule has 1 atom stereocenters. The fraction of sp³-hybridized carbons (Fsp3) is 0.476. The summed E-state index contributed by atoms with van der Waals surface area (Å²) in [5.41, 5.74) is 3.05. The van der Waals surface area contributed by atoms with E-state index >= 15 is 0 Å². The van der Waals surface area contributed by atoms with Crippen molar-refractivity contribution >= 4 is 11.6 Å². The number of nitrogens with one attached hydrogen (secondary N) is 1. The van der Waals surface area contributed by atoms with E-state index in [-0.39, 0.29) is 12.0 Å². The normalized spacial score (nSPS) is 19.4. The lowest BCUT2D eigenvalue weighted by atomic mass is 10.1. The fourth-order valence-corrected chi connectivity index (χ4v) is 3.89. The highest BCUT2D eigenvalue weighted by Crippen LogP contribution is 2.31. The summed E-state index contributed by atoms with van der Waals surface area (Å²) >= 11 is 0. The van der Waals surface area contributed by atoms with Gasteiger partial charge in [-0.05, 0) is 62.7 Å². The van der Waals surface area contributed by atoms with Gasteiger partial charge in [0.25, 0.3) is 5.91 Å². The smallest absolute Gasteiger partial charge is 0.291 e.